The van der Waals surface area contributed by atoms with E-state index in [-0.39, 0.29) is 17.9 Å². The molecular weight excluding hydrogens is 294 g/mol. The summed E-state index contributed by atoms with van der Waals surface area (Å²) in [4.78, 5) is 25.3. The minimum absolute atomic E-state index is 0.0452. The highest BCUT2D eigenvalue weighted by Gasteiger charge is 2.14. The highest BCUT2D eigenvalue weighted by molar-refractivity contribution is 5.75. The molecule has 0 aliphatic carbocycles. The summed E-state index contributed by atoms with van der Waals surface area (Å²) in [5, 5.41) is 9.26. The van der Waals surface area contributed by atoms with Crippen molar-refractivity contribution in [3.05, 3.63) is 51.9 Å². The molecule has 0 aliphatic heterocycles. The molecule has 0 bridgehead atoms. The van der Waals surface area contributed by atoms with Gasteiger partial charge in [0.1, 0.15) is 17.4 Å². The number of para-hydroxylation sites is 1. The summed E-state index contributed by atoms with van der Waals surface area (Å²) >= 11 is 0. The maximum atomic E-state index is 11.9. The van der Waals surface area contributed by atoms with Crippen molar-refractivity contribution in [1.29, 1.82) is 5.26 Å². The third-order valence-electron chi connectivity index (χ3n) is 3.28. The first-order valence-corrected chi connectivity index (χ1v) is 7.17. The van der Waals surface area contributed by atoms with Crippen molar-refractivity contribution in [2.75, 3.05) is 6.61 Å². The lowest BCUT2D eigenvalue weighted by Gasteiger charge is -2.12. The van der Waals surface area contributed by atoms with Crippen LogP contribution in [0.1, 0.15) is 24.1 Å². The molecule has 23 heavy (non-hydrogen) atoms. The summed E-state index contributed by atoms with van der Waals surface area (Å²) < 4.78 is 5.69. The number of aryl methyl sites for hydroxylation is 1. The van der Waals surface area contributed by atoms with E-state index in [0.717, 1.165) is 0 Å². The molecule has 6 heteroatoms. The molecule has 0 atom stereocenters. The summed E-state index contributed by atoms with van der Waals surface area (Å²) in [5.74, 6) is 0.178. The van der Waals surface area contributed by atoms with E-state index in [1.807, 2.05) is 12.1 Å². The van der Waals surface area contributed by atoms with Crippen molar-refractivity contribution < 1.29 is 9.53 Å². The van der Waals surface area contributed by atoms with Crippen molar-refractivity contribution in [2.24, 2.45) is 5.73 Å². The Morgan fingerprint density at radius 2 is 2.09 bits per heavy atom. The number of pyridine rings is 1. The van der Waals surface area contributed by atoms with Crippen LogP contribution in [0.5, 0.6) is 5.75 Å². The van der Waals surface area contributed by atoms with E-state index in [0.29, 0.717) is 35.6 Å². The van der Waals surface area contributed by atoms with Gasteiger partial charge < -0.3 is 15.5 Å². The van der Waals surface area contributed by atoms with Gasteiger partial charge in [-0.2, -0.15) is 5.26 Å². The molecule has 2 rings (SSSR count). The zero-order valence-electron chi connectivity index (χ0n) is 12.8. The fraction of sp³-hybridized carbons (Fsp3) is 0.235. The average Bonchev–Trinajstić information content (AvgIpc) is 2.51. The van der Waals surface area contributed by atoms with Crippen molar-refractivity contribution in [2.45, 2.75) is 19.8 Å². The lowest BCUT2D eigenvalue weighted by Crippen LogP contribution is -2.13. The van der Waals surface area contributed by atoms with Crippen molar-refractivity contribution in [3.8, 4) is 22.9 Å². The number of carbonyl (C=O) groups excluding carboxylic acids is 1. The largest absolute Gasteiger partial charge is 0.493 e. The first-order valence-electron chi connectivity index (χ1n) is 7.17. The van der Waals surface area contributed by atoms with Crippen LogP contribution < -0.4 is 16.0 Å². The molecule has 0 saturated heterocycles. The zero-order valence-corrected chi connectivity index (χ0v) is 12.8. The number of rotatable bonds is 6. The van der Waals surface area contributed by atoms with E-state index >= 15 is 0 Å². The lowest BCUT2D eigenvalue weighted by atomic mass is 10.00. The number of nitrogens with one attached hydrogen (secondary N) is 1. The maximum absolute atomic E-state index is 11.9. The molecular formula is C17H17N3O3. The fourth-order valence-electron chi connectivity index (χ4n) is 2.26. The number of hydrogen-bond acceptors (Lipinski definition) is 4. The van der Waals surface area contributed by atoms with Gasteiger partial charge in [0.2, 0.25) is 5.91 Å². The SMILES string of the molecule is Cc1cc(-c2ccccc2OCCCC(N)=O)c(C#N)c(=O)[nH]1. The van der Waals surface area contributed by atoms with E-state index in [4.69, 9.17) is 10.5 Å². The highest BCUT2D eigenvalue weighted by atomic mass is 16.5. The van der Waals surface area contributed by atoms with E-state index < -0.39 is 5.56 Å². The Bertz CT molecular complexity index is 819. The fourth-order valence-corrected chi connectivity index (χ4v) is 2.26. The van der Waals surface area contributed by atoms with Gasteiger partial charge in [-0.1, -0.05) is 18.2 Å². The van der Waals surface area contributed by atoms with Crippen molar-refractivity contribution >= 4 is 5.91 Å². The Hall–Kier alpha value is -3.07. The van der Waals surface area contributed by atoms with Crippen molar-refractivity contribution in [3.63, 3.8) is 0 Å². The minimum Gasteiger partial charge on any atom is -0.493 e. The van der Waals surface area contributed by atoms with Gasteiger partial charge in [0, 0.05) is 23.2 Å². The van der Waals surface area contributed by atoms with Gasteiger partial charge in [0.15, 0.2) is 0 Å². The van der Waals surface area contributed by atoms with Crippen LogP contribution in [-0.2, 0) is 4.79 Å². The predicted octanol–water partition coefficient (Wildman–Crippen LogP) is 1.87. The molecule has 0 aliphatic rings. The molecule has 1 aromatic carbocycles. The minimum atomic E-state index is -0.425. The maximum Gasteiger partial charge on any atom is 0.266 e. The van der Waals surface area contributed by atoms with E-state index in [2.05, 4.69) is 4.98 Å². The van der Waals surface area contributed by atoms with Crippen LogP contribution in [0.4, 0.5) is 0 Å². The van der Waals surface area contributed by atoms with Crippen LogP contribution in [-0.4, -0.2) is 17.5 Å². The lowest BCUT2D eigenvalue weighted by molar-refractivity contribution is -0.118. The molecule has 0 radical (unpaired) electrons. The third kappa shape index (κ3) is 3.98. The molecule has 0 unspecified atom stereocenters. The molecule has 0 saturated carbocycles. The van der Waals surface area contributed by atoms with Crippen LogP contribution in [0.25, 0.3) is 11.1 Å². The smallest absolute Gasteiger partial charge is 0.266 e. The molecule has 0 spiro atoms. The van der Waals surface area contributed by atoms with Crippen LogP contribution in [0.3, 0.4) is 0 Å². The first kappa shape index (κ1) is 16.3. The quantitative estimate of drug-likeness (QED) is 0.793. The van der Waals surface area contributed by atoms with Crippen molar-refractivity contribution in [1.82, 2.24) is 4.98 Å². The number of carbonyl (C=O) groups is 1. The molecule has 2 aromatic rings. The van der Waals surface area contributed by atoms with Crippen LogP contribution in [0.2, 0.25) is 0 Å². The number of nitrogens with two attached hydrogens (primary N) is 1. The first-order chi connectivity index (χ1) is 11.0. The van der Waals surface area contributed by atoms with E-state index in [1.54, 1.807) is 31.2 Å². The predicted molar refractivity (Wildman–Crippen MR) is 85.9 cm³/mol. The summed E-state index contributed by atoms with van der Waals surface area (Å²) in [6.45, 7) is 2.08. The number of ether oxygens (including phenoxy) is 1. The Morgan fingerprint density at radius 3 is 2.78 bits per heavy atom. The third-order valence-corrected chi connectivity index (χ3v) is 3.28. The molecule has 1 aromatic heterocycles. The number of H-pyrrole nitrogens is 1. The number of hydrogen-bond donors (Lipinski definition) is 2. The van der Waals surface area contributed by atoms with Crippen LogP contribution in [0, 0.1) is 18.3 Å². The number of nitrogens with zero attached hydrogens (tertiary/aromatic N) is 1. The normalized spacial score (nSPS) is 10.1. The second-order valence-corrected chi connectivity index (χ2v) is 5.10. The monoisotopic (exact) mass is 311 g/mol. The number of primary amides is 1. The summed E-state index contributed by atoms with van der Waals surface area (Å²) in [7, 11) is 0. The standard InChI is InChI=1S/C17H17N3O3/c1-11-9-13(14(10-18)17(22)20-11)12-5-2-3-6-15(12)23-8-4-7-16(19)21/h2-3,5-6,9H,4,7-8H2,1H3,(H2,19,21)(H,20,22). The number of benzene rings is 1. The summed E-state index contributed by atoms with van der Waals surface area (Å²) in [6.07, 6.45) is 0.749. The molecule has 118 valence electrons. The topological polar surface area (TPSA) is 109 Å². The average molecular weight is 311 g/mol. The number of aromatic amines is 1. The molecule has 6 nitrogen and oxygen atoms in total. The van der Waals surface area contributed by atoms with Gasteiger partial charge in [0.05, 0.1) is 6.61 Å². The Kier molecular flexibility index (Phi) is 5.15. The van der Waals surface area contributed by atoms with Gasteiger partial charge in [-0.3, -0.25) is 9.59 Å². The molecule has 3 N–H and O–H groups in total. The number of amides is 1. The number of aromatic nitrogens is 1. The highest BCUT2D eigenvalue weighted by Crippen LogP contribution is 2.31. The Balaban J connectivity index is 2.36. The van der Waals surface area contributed by atoms with Gasteiger partial charge in [-0.05, 0) is 25.5 Å². The van der Waals surface area contributed by atoms with Gasteiger partial charge in [-0.15, -0.1) is 0 Å². The molecule has 1 heterocycles. The molecule has 1 amide bonds. The van der Waals surface area contributed by atoms with Gasteiger partial charge >= 0.3 is 0 Å². The van der Waals surface area contributed by atoms with Gasteiger partial charge in [-0.25, -0.2) is 0 Å². The van der Waals surface area contributed by atoms with E-state index in [1.165, 1.54) is 0 Å². The summed E-state index contributed by atoms with van der Waals surface area (Å²) in [5.41, 5.74) is 6.57. The summed E-state index contributed by atoms with van der Waals surface area (Å²) in [6, 6.07) is 10.8. The molecule has 0 fully saturated rings. The van der Waals surface area contributed by atoms with Crippen LogP contribution in [0.15, 0.2) is 35.1 Å². The van der Waals surface area contributed by atoms with Crippen LogP contribution >= 0.6 is 0 Å². The van der Waals surface area contributed by atoms with E-state index in [9.17, 15) is 14.9 Å². The Labute approximate surface area is 133 Å². The second-order valence-electron chi connectivity index (χ2n) is 5.10. The Morgan fingerprint density at radius 1 is 1.35 bits per heavy atom. The second kappa shape index (κ2) is 7.27. The van der Waals surface area contributed by atoms with Gasteiger partial charge in [0.25, 0.3) is 5.56 Å². The number of nitriles is 1. The zero-order chi connectivity index (χ0) is 16.8.